The van der Waals surface area contributed by atoms with Crippen molar-refractivity contribution in [2.75, 3.05) is 10.3 Å². The second-order valence-corrected chi connectivity index (χ2v) is 14.4. The van der Waals surface area contributed by atoms with Gasteiger partial charge in [-0.1, -0.05) is 59.1 Å². The Balaban J connectivity index is 1.32. The van der Waals surface area contributed by atoms with Gasteiger partial charge in [-0.05, 0) is 96.5 Å². The van der Waals surface area contributed by atoms with Crippen LogP contribution >= 0.6 is 23.2 Å². The number of rotatable bonds is 6. The van der Waals surface area contributed by atoms with Gasteiger partial charge in [-0.2, -0.15) is 5.01 Å². The van der Waals surface area contributed by atoms with Gasteiger partial charge in [-0.3, -0.25) is 29.5 Å². The van der Waals surface area contributed by atoms with E-state index >= 15 is 4.79 Å². The summed E-state index contributed by atoms with van der Waals surface area (Å²) in [6.07, 6.45) is 1.95. The molecule has 8 rings (SSSR count). The minimum atomic E-state index is -1.83. The SMILES string of the molecule is O=C1C2CC3C(=CCC4C(=O)N(c5cccc(B(O)O)c5)C(=O)C43)C(c3cc(Cl)ccc3O)C2(c2ccc(Cl)cc2)C(=O)N1Nc1ccc(F)cc1. The Morgan fingerprint density at radius 3 is 2.25 bits per heavy atom. The van der Waals surface area contributed by atoms with E-state index in [0.717, 1.165) is 9.91 Å². The zero-order chi connectivity index (χ0) is 36.6. The predicted molar refractivity (Wildman–Crippen MR) is 191 cm³/mol. The van der Waals surface area contributed by atoms with Crippen LogP contribution in [0.25, 0.3) is 0 Å². The van der Waals surface area contributed by atoms with Crippen LogP contribution in [0.1, 0.15) is 29.9 Å². The number of hydrazine groups is 1. The molecule has 262 valence electrons. The first-order chi connectivity index (χ1) is 24.9. The van der Waals surface area contributed by atoms with Crippen molar-refractivity contribution in [3.05, 3.63) is 130 Å². The lowest BCUT2D eigenvalue weighted by Gasteiger charge is -2.50. The number of phenolic OH excluding ortho intramolecular Hbond substituents is 1. The summed E-state index contributed by atoms with van der Waals surface area (Å²) in [5, 5.41) is 32.6. The highest BCUT2D eigenvalue weighted by atomic mass is 35.5. The van der Waals surface area contributed by atoms with Crippen LogP contribution in [0.3, 0.4) is 0 Å². The van der Waals surface area contributed by atoms with E-state index in [1.54, 1.807) is 30.3 Å². The molecule has 0 radical (unpaired) electrons. The molecule has 3 fully saturated rings. The first-order valence-corrected chi connectivity index (χ1v) is 17.4. The molecule has 0 aromatic heterocycles. The average molecular weight is 740 g/mol. The summed E-state index contributed by atoms with van der Waals surface area (Å²) in [5.41, 5.74) is 3.01. The lowest BCUT2D eigenvalue weighted by Crippen LogP contribution is -2.53. The van der Waals surface area contributed by atoms with E-state index in [4.69, 9.17) is 23.2 Å². The number of amides is 4. The fourth-order valence-corrected chi connectivity index (χ4v) is 9.14. The number of nitrogens with one attached hydrogen (secondary N) is 1. The van der Waals surface area contributed by atoms with Crippen molar-refractivity contribution in [3.8, 4) is 5.75 Å². The average Bonchev–Trinajstić information content (AvgIpc) is 3.51. The summed E-state index contributed by atoms with van der Waals surface area (Å²) in [5.74, 6) is -7.60. The molecule has 2 aliphatic heterocycles. The molecule has 4 amide bonds. The van der Waals surface area contributed by atoms with E-state index < -0.39 is 71.6 Å². The molecule has 4 aromatic rings. The summed E-state index contributed by atoms with van der Waals surface area (Å²) in [7, 11) is -1.83. The molecule has 6 unspecified atom stereocenters. The number of imide groups is 2. The van der Waals surface area contributed by atoms with Gasteiger partial charge in [0.05, 0.1) is 34.5 Å². The van der Waals surface area contributed by atoms with Crippen LogP contribution in [0.15, 0.2) is 103 Å². The zero-order valence-corrected chi connectivity index (χ0v) is 28.6. The second kappa shape index (κ2) is 12.6. The molecule has 4 aromatic carbocycles. The molecule has 1 saturated carbocycles. The number of benzene rings is 4. The summed E-state index contributed by atoms with van der Waals surface area (Å²) < 4.78 is 13.8. The van der Waals surface area contributed by atoms with Gasteiger partial charge >= 0.3 is 7.12 Å². The van der Waals surface area contributed by atoms with E-state index in [2.05, 4.69) is 5.43 Å². The van der Waals surface area contributed by atoms with Crippen LogP contribution in [0.4, 0.5) is 15.8 Å². The van der Waals surface area contributed by atoms with Crippen molar-refractivity contribution in [2.45, 2.75) is 24.2 Å². The number of aromatic hydroxyl groups is 1. The molecular weight excluding hydrogens is 711 g/mol. The van der Waals surface area contributed by atoms with E-state index in [1.165, 1.54) is 60.7 Å². The van der Waals surface area contributed by atoms with E-state index in [9.17, 15) is 33.9 Å². The van der Waals surface area contributed by atoms with Crippen LogP contribution in [-0.4, -0.2) is 50.9 Å². The number of carbonyl (C=O) groups excluding carboxylic acids is 4. The molecule has 14 heteroatoms. The molecule has 10 nitrogen and oxygen atoms in total. The van der Waals surface area contributed by atoms with Crippen LogP contribution < -0.4 is 15.8 Å². The van der Waals surface area contributed by atoms with Crippen molar-refractivity contribution in [3.63, 3.8) is 0 Å². The third-order valence-corrected chi connectivity index (χ3v) is 11.5. The van der Waals surface area contributed by atoms with Crippen molar-refractivity contribution < 1.29 is 38.7 Å². The smallest absolute Gasteiger partial charge is 0.488 e. The molecule has 2 saturated heterocycles. The van der Waals surface area contributed by atoms with Gasteiger partial charge in [0, 0.05) is 21.5 Å². The highest BCUT2D eigenvalue weighted by molar-refractivity contribution is 6.58. The maximum absolute atomic E-state index is 15.2. The summed E-state index contributed by atoms with van der Waals surface area (Å²) in [6.45, 7) is 0. The Morgan fingerprint density at radius 1 is 0.827 bits per heavy atom. The van der Waals surface area contributed by atoms with Gasteiger partial charge in [0.15, 0.2) is 0 Å². The van der Waals surface area contributed by atoms with Crippen LogP contribution in [0.2, 0.25) is 10.0 Å². The quantitative estimate of drug-likeness (QED) is 0.126. The number of hydrogen-bond donors (Lipinski definition) is 4. The molecular formula is C38H29BCl2FN3O7. The van der Waals surface area contributed by atoms with Gasteiger partial charge in [0.25, 0.3) is 11.8 Å². The third kappa shape index (κ3) is 5.08. The number of hydrogen-bond acceptors (Lipinski definition) is 8. The fourth-order valence-electron chi connectivity index (χ4n) is 8.84. The minimum Gasteiger partial charge on any atom is -0.508 e. The molecule has 0 spiro atoms. The van der Waals surface area contributed by atoms with Crippen molar-refractivity contribution >= 4 is 70.8 Å². The van der Waals surface area contributed by atoms with Gasteiger partial charge in [0.1, 0.15) is 11.6 Å². The van der Waals surface area contributed by atoms with Crippen molar-refractivity contribution in [2.24, 2.45) is 23.7 Å². The largest absolute Gasteiger partial charge is 0.508 e. The molecule has 52 heavy (non-hydrogen) atoms. The standard InChI is InChI=1S/C38H29BCl2FN3O7/c40-21-6-4-19(5-7-21)38-30(35(48)45(37(38)50)43-24-11-9-23(42)10-12-24)18-28-26(33(38)29-17-22(41)8-15-31(29)46)13-14-27-32(28)36(49)44(34(27)47)25-3-1-2-20(16-25)39(51)52/h1-13,15-17,27-28,30,32-33,43,46,51-52H,14,18H2. The second-order valence-electron chi connectivity index (χ2n) is 13.6. The fraction of sp³-hybridized carbons (Fsp3) is 0.211. The lowest BCUT2D eigenvalue weighted by molar-refractivity contribution is -0.138. The Bertz CT molecular complexity index is 2200. The zero-order valence-electron chi connectivity index (χ0n) is 27.1. The third-order valence-electron chi connectivity index (χ3n) is 11.0. The van der Waals surface area contributed by atoms with E-state index in [-0.39, 0.29) is 46.0 Å². The van der Waals surface area contributed by atoms with Gasteiger partial charge in [-0.15, -0.1) is 0 Å². The number of anilines is 2. The summed E-state index contributed by atoms with van der Waals surface area (Å²) in [4.78, 5) is 59.4. The maximum atomic E-state index is 15.2. The lowest BCUT2D eigenvalue weighted by atomic mass is 9.49. The number of halogens is 3. The topological polar surface area (TPSA) is 147 Å². The van der Waals surface area contributed by atoms with E-state index in [0.29, 0.717) is 16.2 Å². The monoisotopic (exact) mass is 739 g/mol. The van der Waals surface area contributed by atoms with E-state index in [1.807, 2.05) is 6.08 Å². The van der Waals surface area contributed by atoms with Crippen molar-refractivity contribution in [1.29, 1.82) is 0 Å². The van der Waals surface area contributed by atoms with Gasteiger partial charge in [0.2, 0.25) is 11.8 Å². The molecule has 4 aliphatic rings. The summed E-state index contributed by atoms with van der Waals surface area (Å²) >= 11 is 12.9. The normalized spacial score (nSPS) is 26.6. The number of phenols is 1. The molecule has 6 atom stereocenters. The van der Waals surface area contributed by atoms with Crippen LogP contribution in [0, 0.1) is 29.5 Å². The highest BCUT2D eigenvalue weighted by Gasteiger charge is 2.70. The number of fused-ring (bicyclic) bond motifs is 4. The number of nitrogens with zero attached hydrogens (tertiary/aromatic N) is 2. The first-order valence-electron chi connectivity index (χ1n) is 16.6. The Kier molecular flexibility index (Phi) is 8.26. The van der Waals surface area contributed by atoms with Crippen molar-refractivity contribution in [1.82, 2.24) is 5.01 Å². The first kappa shape index (κ1) is 34.1. The van der Waals surface area contributed by atoms with Gasteiger partial charge < -0.3 is 15.2 Å². The number of allylic oxidation sites excluding steroid dienone is 2. The van der Waals surface area contributed by atoms with Crippen LogP contribution in [-0.2, 0) is 24.6 Å². The highest BCUT2D eigenvalue weighted by Crippen LogP contribution is 2.65. The minimum absolute atomic E-state index is 0.0120. The number of carbonyl (C=O) groups is 4. The van der Waals surface area contributed by atoms with Gasteiger partial charge in [-0.25, -0.2) is 4.39 Å². The molecule has 4 N–H and O–H groups in total. The van der Waals surface area contributed by atoms with Crippen LogP contribution in [0.5, 0.6) is 5.75 Å². The molecule has 2 aliphatic carbocycles. The Labute approximate surface area is 307 Å². The predicted octanol–water partition coefficient (Wildman–Crippen LogP) is 4.71. The summed E-state index contributed by atoms with van der Waals surface area (Å²) in [6, 6.07) is 22.0. The molecule has 0 bridgehead atoms. The maximum Gasteiger partial charge on any atom is 0.488 e. The molecule has 2 heterocycles. The Morgan fingerprint density at radius 2 is 1.54 bits per heavy atom. The Hall–Kier alpha value is -5.01.